The predicted octanol–water partition coefficient (Wildman–Crippen LogP) is 0.520. The Morgan fingerprint density at radius 2 is 2.11 bits per heavy atom. The Hall–Kier alpha value is -2.11. The summed E-state index contributed by atoms with van der Waals surface area (Å²) in [7, 11) is 1.78. The summed E-state index contributed by atoms with van der Waals surface area (Å²) in [5, 5.41) is 8.40. The molecule has 0 bridgehead atoms. The number of aromatic nitrogens is 1. The smallest absolute Gasteiger partial charge is 0.270 e. The molecule has 0 radical (unpaired) electrons. The predicted molar refractivity (Wildman–Crippen MR) is 71.9 cm³/mol. The number of hydrogen-bond donors (Lipinski definition) is 3. The molecule has 6 nitrogen and oxygen atoms in total. The van der Waals surface area contributed by atoms with E-state index in [9.17, 15) is 9.59 Å². The van der Waals surface area contributed by atoms with Crippen molar-refractivity contribution >= 4 is 17.5 Å². The fourth-order valence-corrected chi connectivity index (χ4v) is 1.57. The van der Waals surface area contributed by atoms with Crippen LogP contribution in [0.15, 0.2) is 18.3 Å². The maximum atomic E-state index is 11.9. The van der Waals surface area contributed by atoms with Crippen molar-refractivity contribution in [2.75, 3.05) is 12.4 Å². The van der Waals surface area contributed by atoms with Gasteiger partial charge in [0.15, 0.2) is 0 Å². The van der Waals surface area contributed by atoms with Crippen molar-refractivity contribution in [3.8, 4) is 0 Å². The molecule has 1 saturated carbocycles. The Morgan fingerprint density at radius 1 is 1.37 bits per heavy atom. The van der Waals surface area contributed by atoms with Crippen molar-refractivity contribution in [2.45, 2.75) is 31.8 Å². The third-order valence-corrected chi connectivity index (χ3v) is 2.95. The lowest BCUT2D eigenvalue weighted by Gasteiger charge is -2.13. The largest absolute Gasteiger partial charge is 0.387 e. The van der Waals surface area contributed by atoms with Gasteiger partial charge in [0.1, 0.15) is 11.7 Å². The van der Waals surface area contributed by atoms with Gasteiger partial charge in [-0.25, -0.2) is 4.98 Å². The van der Waals surface area contributed by atoms with Crippen LogP contribution in [0.3, 0.4) is 0 Å². The lowest BCUT2D eigenvalue weighted by molar-refractivity contribution is -0.122. The molecule has 102 valence electrons. The molecule has 1 aliphatic rings. The van der Waals surface area contributed by atoms with Crippen LogP contribution in [-0.2, 0) is 4.79 Å². The second-order valence-electron chi connectivity index (χ2n) is 4.66. The van der Waals surface area contributed by atoms with Crippen LogP contribution >= 0.6 is 0 Å². The number of carbonyl (C=O) groups excluding carboxylic acids is 2. The van der Waals surface area contributed by atoms with Gasteiger partial charge in [-0.3, -0.25) is 9.59 Å². The molecule has 6 heteroatoms. The highest BCUT2D eigenvalue weighted by Gasteiger charge is 2.26. The molecule has 3 N–H and O–H groups in total. The van der Waals surface area contributed by atoms with E-state index in [-0.39, 0.29) is 11.8 Å². The van der Waals surface area contributed by atoms with Crippen molar-refractivity contribution in [1.29, 1.82) is 0 Å². The maximum Gasteiger partial charge on any atom is 0.270 e. The number of rotatable bonds is 5. The fraction of sp³-hybridized carbons (Fsp3) is 0.462. The van der Waals surface area contributed by atoms with Gasteiger partial charge in [0.25, 0.3) is 5.91 Å². The highest BCUT2D eigenvalue weighted by atomic mass is 16.2. The van der Waals surface area contributed by atoms with Crippen LogP contribution < -0.4 is 16.0 Å². The Bertz CT molecular complexity index is 468. The topological polar surface area (TPSA) is 83.1 Å². The van der Waals surface area contributed by atoms with E-state index in [1.807, 2.05) is 0 Å². The summed E-state index contributed by atoms with van der Waals surface area (Å²) < 4.78 is 0. The van der Waals surface area contributed by atoms with Gasteiger partial charge in [-0.15, -0.1) is 0 Å². The number of hydrogen-bond acceptors (Lipinski definition) is 4. The molecular weight excluding hydrogens is 244 g/mol. The van der Waals surface area contributed by atoms with E-state index in [0.717, 1.165) is 18.5 Å². The number of anilines is 1. The third-order valence-electron chi connectivity index (χ3n) is 2.95. The molecule has 1 aromatic heterocycles. The third kappa shape index (κ3) is 3.67. The van der Waals surface area contributed by atoms with Crippen LogP contribution in [0.25, 0.3) is 0 Å². The molecule has 2 rings (SSSR count). The Balaban J connectivity index is 1.89. The number of amides is 2. The van der Waals surface area contributed by atoms with Crippen molar-refractivity contribution < 1.29 is 9.59 Å². The van der Waals surface area contributed by atoms with E-state index in [1.165, 1.54) is 0 Å². The molecule has 1 atom stereocenters. The van der Waals surface area contributed by atoms with Crippen LogP contribution in [-0.4, -0.2) is 35.9 Å². The van der Waals surface area contributed by atoms with Crippen molar-refractivity contribution in [3.05, 3.63) is 24.0 Å². The minimum atomic E-state index is -0.557. The van der Waals surface area contributed by atoms with Crippen LogP contribution in [0.4, 0.5) is 5.69 Å². The second kappa shape index (κ2) is 5.69. The first kappa shape index (κ1) is 13.3. The first-order valence-electron chi connectivity index (χ1n) is 6.35. The maximum absolute atomic E-state index is 11.9. The zero-order valence-corrected chi connectivity index (χ0v) is 11.1. The molecule has 0 aromatic carbocycles. The zero-order chi connectivity index (χ0) is 13.8. The van der Waals surface area contributed by atoms with E-state index < -0.39 is 6.04 Å². The molecule has 19 heavy (non-hydrogen) atoms. The highest BCUT2D eigenvalue weighted by Crippen LogP contribution is 2.18. The highest BCUT2D eigenvalue weighted by molar-refractivity contribution is 5.96. The van der Waals surface area contributed by atoms with Crippen LogP contribution in [0.2, 0.25) is 0 Å². The van der Waals surface area contributed by atoms with Gasteiger partial charge in [0.2, 0.25) is 5.91 Å². The van der Waals surface area contributed by atoms with Crippen LogP contribution in [0, 0.1) is 0 Å². The molecule has 1 unspecified atom stereocenters. The molecule has 0 aliphatic heterocycles. The van der Waals surface area contributed by atoms with Crippen LogP contribution in [0.5, 0.6) is 0 Å². The van der Waals surface area contributed by atoms with Gasteiger partial charge in [-0.1, -0.05) is 0 Å². The van der Waals surface area contributed by atoms with Crippen molar-refractivity contribution in [3.63, 3.8) is 0 Å². The summed E-state index contributed by atoms with van der Waals surface area (Å²) in [6.07, 6.45) is 3.63. The average Bonchev–Trinajstić information content (AvgIpc) is 3.22. The first-order chi connectivity index (χ1) is 9.10. The molecule has 1 aliphatic carbocycles. The van der Waals surface area contributed by atoms with E-state index in [2.05, 4.69) is 20.9 Å². The summed E-state index contributed by atoms with van der Waals surface area (Å²) >= 11 is 0. The molecule has 2 amide bonds. The van der Waals surface area contributed by atoms with Gasteiger partial charge in [-0.05, 0) is 31.9 Å². The Kier molecular flexibility index (Phi) is 3.99. The fourth-order valence-electron chi connectivity index (χ4n) is 1.57. The van der Waals surface area contributed by atoms with Crippen molar-refractivity contribution in [2.24, 2.45) is 0 Å². The molecule has 1 aromatic rings. The van der Waals surface area contributed by atoms with Crippen molar-refractivity contribution in [1.82, 2.24) is 15.6 Å². The zero-order valence-electron chi connectivity index (χ0n) is 11.1. The molecule has 1 fully saturated rings. The van der Waals surface area contributed by atoms with Crippen LogP contribution in [0.1, 0.15) is 30.3 Å². The Morgan fingerprint density at radius 3 is 2.63 bits per heavy atom. The number of nitrogens with zero attached hydrogens (tertiary/aromatic N) is 1. The van der Waals surface area contributed by atoms with Gasteiger partial charge >= 0.3 is 0 Å². The van der Waals surface area contributed by atoms with E-state index in [0.29, 0.717) is 11.7 Å². The summed E-state index contributed by atoms with van der Waals surface area (Å²) in [4.78, 5) is 27.6. The van der Waals surface area contributed by atoms with E-state index in [4.69, 9.17) is 0 Å². The van der Waals surface area contributed by atoms with E-state index in [1.54, 1.807) is 32.3 Å². The minimum absolute atomic E-state index is 0.150. The molecular formula is C13H18N4O2. The second-order valence-corrected chi connectivity index (χ2v) is 4.66. The van der Waals surface area contributed by atoms with Gasteiger partial charge < -0.3 is 16.0 Å². The van der Waals surface area contributed by atoms with E-state index >= 15 is 0 Å². The quantitative estimate of drug-likeness (QED) is 0.722. The summed E-state index contributed by atoms with van der Waals surface area (Å²) in [6.45, 7) is 1.66. The normalized spacial score (nSPS) is 15.5. The number of nitrogens with one attached hydrogen (secondary N) is 3. The number of pyridine rings is 1. The lowest BCUT2D eigenvalue weighted by atomic mass is 10.2. The standard InChI is InChI=1S/C13H18N4O2/c1-8(12(18)17-9-3-4-9)16-13(19)11-6-5-10(14-2)7-15-11/h5-9,14H,3-4H2,1-2H3,(H,16,19)(H,17,18). The molecule has 0 saturated heterocycles. The van der Waals surface area contributed by atoms with Gasteiger partial charge in [-0.2, -0.15) is 0 Å². The Labute approximate surface area is 112 Å². The SMILES string of the molecule is CNc1ccc(C(=O)NC(C)C(=O)NC2CC2)nc1. The summed E-state index contributed by atoms with van der Waals surface area (Å²) in [5.41, 5.74) is 1.13. The van der Waals surface area contributed by atoms with Gasteiger partial charge in [0, 0.05) is 13.1 Å². The lowest BCUT2D eigenvalue weighted by Crippen LogP contribution is -2.45. The number of carbonyl (C=O) groups is 2. The molecule has 0 spiro atoms. The first-order valence-corrected chi connectivity index (χ1v) is 6.35. The summed E-state index contributed by atoms with van der Waals surface area (Å²) in [5.74, 6) is -0.496. The molecule has 1 heterocycles. The average molecular weight is 262 g/mol. The summed E-state index contributed by atoms with van der Waals surface area (Å²) in [6, 6.07) is 3.11. The minimum Gasteiger partial charge on any atom is -0.387 e. The van der Waals surface area contributed by atoms with Gasteiger partial charge in [0.05, 0.1) is 11.9 Å². The monoisotopic (exact) mass is 262 g/mol.